The predicted octanol–water partition coefficient (Wildman–Crippen LogP) is 2.00. The van der Waals surface area contributed by atoms with Crippen molar-refractivity contribution < 1.29 is 4.74 Å². The summed E-state index contributed by atoms with van der Waals surface area (Å²) in [6, 6.07) is 5.80. The highest BCUT2D eigenvalue weighted by molar-refractivity contribution is 9.10. The first-order valence-corrected chi connectivity index (χ1v) is 6.08. The van der Waals surface area contributed by atoms with Gasteiger partial charge in [-0.25, -0.2) is 4.98 Å². The summed E-state index contributed by atoms with van der Waals surface area (Å²) in [5, 5.41) is 0. The maximum absolute atomic E-state index is 5.82. The molecule has 0 spiro atoms. The van der Waals surface area contributed by atoms with E-state index in [1.807, 2.05) is 18.2 Å². The van der Waals surface area contributed by atoms with Gasteiger partial charge in [-0.1, -0.05) is 15.9 Å². The molecule has 0 radical (unpaired) electrons. The number of hydrogen-bond acceptors (Lipinski definition) is 5. The second-order valence-corrected chi connectivity index (χ2v) is 4.69. The molecule has 18 heavy (non-hydrogen) atoms. The first kappa shape index (κ1) is 12.6. The SMILES string of the molecule is COc1ccc(Br)cc1Cc1cnc(N)nc1N. The Morgan fingerprint density at radius 3 is 2.72 bits per heavy atom. The molecule has 0 fully saturated rings. The van der Waals surface area contributed by atoms with Crippen LogP contribution in [0.5, 0.6) is 5.75 Å². The fourth-order valence-electron chi connectivity index (χ4n) is 1.66. The highest BCUT2D eigenvalue weighted by Gasteiger charge is 2.08. The van der Waals surface area contributed by atoms with Crippen molar-refractivity contribution in [3.63, 3.8) is 0 Å². The smallest absolute Gasteiger partial charge is 0.221 e. The molecule has 1 heterocycles. The lowest BCUT2D eigenvalue weighted by Crippen LogP contribution is -2.04. The Labute approximate surface area is 113 Å². The summed E-state index contributed by atoms with van der Waals surface area (Å²) < 4.78 is 6.29. The third-order valence-electron chi connectivity index (χ3n) is 2.54. The quantitative estimate of drug-likeness (QED) is 0.905. The molecule has 1 aromatic carbocycles. The van der Waals surface area contributed by atoms with Crippen molar-refractivity contribution in [2.24, 2.45) is 0 Å². The molecule has 1 aromatic heterocycles. The first-order valence-electron chi connectivity index (χ1n) is 5.29. The van der Waals surface area contributed by atoms with Gasteiger partial charge in [-0.2, -0.15) is 4.98 Å². The molecule has 2 rings (SSSR count). The lowest BCUT2D eigenvalue weighted by Gasteiger charge is -2.10. The molecule has 0 bridgehead atoms. The lowest BCUT2D eigenvalue weighted by atomic mass is 10.1. The van der Waals surface area contributed by atoms with Gasteiger partial charge in [-0.15, -0.1) is 0 Å². The molecule has 2 aromatic rings. The number of anilines is 2. The van der Waals surface area contributed by atoms with Gasteiger partial charge in [0.2, 0.25) is 5.95 Å². The summed E-state index contributed by atoms with van der Waals surface area (Å²) in [5.41, 5.74) is 13.1. The average Bonchev–Trinajstić information content (AvgIpc) is 2.33. The number of halogens is 1. The normalized spacial score (nSPS) is 10.3. The van der Waals surface area contributed by atoms with Gasteiger partial charge in [0.1, 0.15) is 11.6 Å². The molecule has 4 N–H and O–H groups in total. The molecule has 0 saturated heterocycles. The number of hydrogen-bond donors (Lipinski definition) is 2. The van der Waals surface area contributed by atoms with Crippen molar-refractivity contribution in [1.82, 2.24) is 9.97 Å². The third-order valence-corrected chi connectivity index (χ3v) is 3.03. The number of nitrogens with zero attached hydrogens (tertiary/aromatic N) is 2. The van der Waals surface area contributed by atoms with Gasteiger partial charge >= 0.3 is 0 Å². The van der Waals surface area contributed by atoms with Crippen LogP contribution in [-0.2, 0) is 6.42 Å². The molecule has 0 aliphatic carbocycles. The number of aromatic nitrogens is 2. The van der Waals surface area contributed by atoms with Crippen LogP contribution >= 0.6 is 15.9 Å². The monoisotopic (exact) mass is 308 g/mol. The van der Waals surface area contributed by atoms with Gasteiger partial charge in [-0.3, -0.25) is 0 Å². The Hall–Kier alpha value is -1.82. The highest BCUT2D eigenvalue weighted by atomic mass is 79.9. The maximum Gasteiger partial charge on any atom is 0.221 e. The summed E-state index contributed by atoms with van der Waals surface area (Å²) in [6.07, 6.45) is 2.23. The van der Waals surface area contributed by atoms with E-state index in [-0.39, 0.29) is 5.95 Å². The molecule has 0 aliphatic heterocycles. The molecule has 0 aliphatic rings. The molecule has 6 heteroatoms. The summed E-state index contributed by atoms with van der Waals surface area (Å²) in [7, 11) is 1.63. The summed E-state index contributed by atoms with van der Waals surface area (Å²) in [5.74, 6) is 1.37. The summed E-state index contributed by atoms with van der Waals surface area (Å²) in [6.45, 7) is 0. The van der Waals surface area contributed by atoms with Crippen molar-refractivity contribution in [2.45, 2.75) is 6.42 Å². The Morgan fingerprint density at radius 1 is 1.28 bits per heavy atom. The molecule has 0 amide bonds. The van der Waals surface area contributed by atoms with E-state index in [0.29, 0.717) is 12.2 Å². The predicted molar refractivity (Wildman–Crippen MR) is 74.4 cm³/mol. The van der Waals surface area contributed by atoms with Gasteiger partial charge in [0.25, 0.3) is 0 Å². The van der Waals surface area contributed by atoms with E-state index in [2.05, 4.69) is 25.9 Å². The number of rotatable bonds is 3. The maximum atomic E-state index is 5.82. The van der Waals surface area contributed by atoms with Crippen LogP contribution in [0.15, 0.2) is 28.9 Å². The van der Waals surface area contributed by atoms with Crippen LogP contribution in [0.4, 0.5) is 11.8 Å². The standard InChI is InChI=1S/C12H13BrN4O/c1-18-10-3-2-9(13)5-7(10)4-8-6-16-12(15)17-11(8)14/h2-3,5-6H,4H2,1H3,(H4,14,15,16,17). The van der Waals surface area contributed by atoms with Crippen LogP contribution in [0.2, 0.25) is 0 Å². The third kappa shape index (κ3) is 2.70. The minimum absolute atomic E-state index is 0.178. The van der Waals surface area contributed by atoms with Crippen molar-refractivity contribution in [2.75, 3.05) is 18.6 Å². The number of benzene rings is 1. The molecule has 0 saturated carbocycles. The van der Waals surface area contributed by atoms with Crippen molar-refractivity contribution >= 4 is 27.7 Å². The van der Waals surface area contributed by atoms with Crippen LogP contribution < -0.4 is 16.2 Å². The van der Waals surface area contributed by atoms with Crippen LogP contribution in [0.25, 0.3) is 0 Å². The van der Waals surface area contributed by atoms with Crippen LogP contribution in [0.1, 0.15) is 11.1 Å². The molecule has 0 unspecified atom stereocenters. The zero-order valence-corrected chi connectivity index (χ0v) is 11.4. The lowest BCUT2D eigenvalue weighted by molar-refractivity contribution is 0.410. The zero-order chi connectivity index (χ0) is 13.1. The van der Waals surface area contributed by atoms with Crippen molar-refractivity contribution in [3.05, 3.63) is 40.0 Å². The molecular weight excluding hydrogens is 296 g/mol. The van der Waals surface area contributed by atoms with E-state index in [4.69, 9.17) is 16.2 Å². The van der Waals surface area contributed by atoms with Crippen molar-refractivity contribution in [3.8, 4) is 5.75 Å². The Morgan fingerprint density at radius 2 is 2.06 bits per heavy atom. The highest BCUT2D eigenvalue weighted by Crippen LogP contribution is 2.26. The van der Waals surface area contributed by atoms with Gasteiger partial charge in [0.15, 0.2) is 0 Å². The van der Waals surface area contributed by atoms with E-state index in [9.17, 15) is 0 Å². The summed E-state index contributed by atoms with van der Waals surface area (Å²) in [4.78, 5) is 7.89. The minimum atomic E-state index is 0.178. The minimum Gasteiger partial charge on any atom is -0.496 e. The fraction of sp³-hybridized carbons (Fsp3) is 0.167. The molecular formula is C12H13BrN4O. The van der Waals surface area contributed by atoms with E-state index in [1.54, 1.807) is 13.3 Å². The van der Waals surface area contributed by atoms with E-state index < -0.39 is 0 Å². The number of nitrogens with two attached hydrogens (primary N) is 2. The van der Waals surface area contributed by atoms with Gasteiger partial charge < -0.3 is 16.2 Å². The Balaban J connectivity index is 2.36. The Kier molecular flexibility index (Phi) is 3.66. The molecule has 94 valence electrons. The molecule has 5 nitrogen and oxygen atoms in total. The van der Waals surface area contributed by atoms with Crippen molar-refractivity contribution in [1.29, 1.82) is 0 Å². The largest absolute Gasteiger partial charge is 0.496 e. The first-order chi connectivity index (χ1) is 8.60. The van der Waals surface area contributed by atoms with E-state index in [1.165, 1.54) is 0 Å². The van der Waals surface area contributed by atoms with Crippen LogP contribution in [0, 0.1) is 0 Å². The Bertz CT molecular complexity index is 574. The second-order valence-electron chi connectivity index (χ2n) is 3.77. The average molecular weight is 309 g/mol. The number of methoxy groups -OCH3 is 1. The topological polar surface area (TPSA) is 87.0 Å². The van der Waals surface area contributed by atoms with E-state index in [0.717, 1.165) is 21.3 Å². The van der Waals surface area contributed by atoms with Crippen LogP contribution in [-0.4, -0.2) is 17.1 Å². The van der Waals surface area contributed by atoms with Crippen LogP contribution in [0.3, 0.4) is 0 Å². The van der Waals surface area contributed by atoms with E-state index >= 15 is 0 Å². The zero-order valence-electron chi connectivity index (χ0n) is 9.85. The molecule has 0 atom stereocenters. The second kappa shape index (κ2) is 5.22. The van der Waals surface area contributed by atoms with Gasteiger partial charge in [0, 0.05) is 22.7 Å². The summed E-state index contributed by atoms with van der Waals surface area (Å²) >= 11 is 3.43. The number of ether oxygens (including phenoxy) is 1. The number of nitrogen functional groups attached to an aromatic ring is 2. The van der Waals surface area contributed by atoms with Gasteiger partial charge in [0.05, 0.1) is 7.11 Å². The fourth-order valence-corrected chi connectivity index (χ4v) is 2.07. The van der Waals surface area contributed by atoms with Gasteiger partial charge in [-0.05, 0) is 23.8 Å².